The maximum atomic E-state index is 9.13. The molecule has 0 saturated heterocycles. The van der Waals surface area contributed by atoms with Crippen molar-refractivity contribution in [2.24, 2.45) is 0 Å². The Morgan fingerprint density at radius 3 is 1.81 bits per heavy atom. The molecule has 0 aromatic carbocycles. The van der Waals surface area contributed by atoms with Crippen molar-refractivity contribution in [1.29, 1.82) is 0 Å². The zero-order valence-electron chi connectivity index (χ0n) is 13.9. The third-order valence-electron chi connectivity index (χ3n) is 3.62. The molecular formula is C20H34O. The maximum Gasteiger partial charge on any atom is 0.133 e. The zero-order chi connectivity index (χ0) is 15.6. The third-order valence-corrected chi connectivity index (χ3v) is 3.62. The number of hydrogen-bond acceptors (Lipinski definition) is 1. The van der Waals surface area contributed by atoms with E-state index in [1.54, 1.807) is 6.08 Å². The van der Waals surface area contributed by atoms with Crippen LogP contribution in [0.2, 0.25) is 0 Å². The Bertz CT molecular complexity index is 295. The van der Waals surface area contributed by atoms with E-state index in [-0.39, 0.29) is 0 Å². The lowest BCUT2D eigenvalue weighted by atomic mass is 10.1. The van der Waals surface area contributed by atoms with Gasteiger partial charge in [-0.1, -0.05) is 69.6 Å². The number of aliphatic hydroxyl groups is 1. The van der Waals surface area contributed by atoms with Gasteiger partial charge in [-0.25, -0.2) is 0 Å². The van der Waals surface area contributed by atoms with Crippen molar-refractivity contribution < 1.29 is 5.11 Å². The van der Waals surface area contributed by atoms with Gasteiger partial charge in [-0.05, 0) is 44.6 Å². The molecule has 0 aliphatic rings. The van der Waals surface area contributed by atoms with Crippen LogP contribution in [0.1, 0.15) is 84.0 Å². The first-order chi connectivity index (χ1) is 10.3. The first-order valence-electron chi connectivity index (χ1n) is 8.77. The summed E-state index contributed by atoms with van der Waals surface area (Å²) in [6, 6.07) is 0. The van der Waals surface area contributed by atoms with Gasteiger partial charge in [0, 0.05) is 0 Å². The normalized spacial score (nSPS) is 13.0. The Kier molecular flexibility index (Phi) is 16.2. The van der Waals surface area contributed by atoms with Gasteiger partial charge in [0.1, 0.15) is 6.10 Å². The van der Waals surface area contributed by atoms with Crippen LogP contribution in [0.5, 0.6) is 0 Å². The summed E-state index contributed by atoms with van der Waals surface area (Å²) in [6.07, 6.45) is 28.2. The molecule has 1 atom stereocenters. The van der Waals surface area contributed by atoms with Gasteiger partial charge in [0.25, 0.3) is 0 Å². The molecule has 1 N–H and O–H groups in total. The van der Waals surface area contributed by atoms with Gasteiger partial charge in [0.05, 0.1) is 0 Å². The molecule has 1 nitrogen and oxygen atoms in total. The second-order valence-electron chi connectivity index (χ2n) is 5.71. The predicted octanol–water partition coefficient (Wildman–Crippen LogP) is 5.79. The number of aliphatic hydroxyl groups excluding tert-OH is 1. The average Bonchev–Trinajstić information content (AvgIpc) is 2.50. The van der Waals surface area contributed by atoms with Crippen molar-refractivity contribution >= 4 is 0 Å². The van der Waals surface area contributed by atoms with Crippen LogP contribution in [-0.2, 0) is 0 Å². The summed E-state index contributed by atoms with van der Waals surface area (Å²) in [6.45, 7) is 2.26. The average molecular weight is 290 g/mol. The highest BCUT2D eigenvalue weighted by Gasteiger charge is 1.91. The molecule has 0 saturated carbocycles. The van der Waals surface area contributed by atoms with Crippen LogP contribution in [0.15, 0.2) is 24.3 Å². The highest BCUT2D eigenvalue weighted by molar-refractivity contribution is 5.05. The molecule has 0 rings (SSSR count). The molecule has 0 aromatic heterocycles. The minimum absolute atomic E-state index is 0.709. The summed E-state index contributed by atoms with van der Waals surface area (Å²) in [5, 5.41) is 9.13. The molecule has 1 heteroatoms. The molecule has 0 fully saturated rings. The van der Waals surface area contributed by atoms with Crippen molar-refractivity contribution in [3.63, 3.8) is 0 Å². The van der Waals surface area contributed by atoms with Crippen LogP contribution in [-0.4, -0.2) is 11.2 Å². The zero-order valence-corrected chi connectivity index (χ0v) is 13.9. The first kappa shape index (κ1) is 20.0. The van der Waals surface area contributed by atoms with E-state index in [9.17, 15) is 0 Å². The molecule has 0 bridgehead atoms. The molecule has 0 aliphatic carbocycles. The van der Waals surface area contributed by atoms with Crippen molar-refractivity contribution in [3.8, 4) is 12.3 Å². The van der Waals surface area contributed by atoms with Crippen LogP contribution in [0.25, 0.3) is 0 Å². The molecule has 0 radical (unpaired) electrons. The fourth-order valence-electron chi connectivity index (χ4n) is 2.26. The summed E-state index contributed by atoms with van der Waals surface area (Å²) in [5.41, 5.74) is 0. The molecule has 0 amide bonds. The number of unbranched alkanes of at least 4 members (excludes halogenated alkanes) is 10. The minimum atomic E-state index is -0.709. The van der Waals surface area contributed by atoms with Crippen LogP contribution in [0.3, 0.4) is 0 Å². The molecule has 0 spiro atoms. The van der Waals surface area contributed by atoms with E-state index in [4.69, 9.17) is 11.5 Å². The SMILES string of the molecule is C#CC(O)/C=C/CCCCCCC/C=C/CCCCCC. The summed E-state index contributed by atoms with van der Waals surface area (Å²) in [4.78, 5) is 0. The second-order valence-corrected chi connectivity index (χ2v) is 5.71. The van der Waals surface area contributed by atoms with E-state index in [2.05, 4.69) is 25.0 Å². The highest BCUT2D eigenvalue weighted by Crippen LogP contribution is 2.09. The van der Waals surface area contributed by atoms with Crippen LogP contribution in [0.4, 0.5) is 0 Å². The molecule has 1 unspecified atom stereocenters. The van der Waals surface area contributed by atoms with Crippen molar-refractivity contribution in [2.45, 2.75) is 90.1 Å². The number of rotatable bonds is 14. The van der Waals surface area contributed by atoms with Crippen molar-refractivity contribution in [2.75, 3.05) is 0 Å². The summed E-state index contributed by atoms with van der Waals surface area (Å²) in [5.74, 6) is 2.28. The number of terminal acetylenes is 1. The quantitative estimate of drug-likeness (QED) is 0.244. The lowest BCUT2D eigenvalue weighted by Gasteiger charge is -1.99. The molecule has 120 valence electrons. The minimum Gasteiger partial charge on any atom is -0.377 e. The fourth-order valence-corrected chi connectivity index (χ4v) is 2.26. The molecular weight excluding hydrogens is 256 g/mol. The Morgan fingerprint density at radius 2 is 1.29 bits per heavy atom. The van der Waals surface area contributed by atoms with E-state index in [0.29, 0.717) is 0 Å². The Morgan fingerprint density at radius 1 is 0.810 bits per heavy atom. The third kappa shape index (κ3) is 16.9. The smallest absolute Gasteiger partial charge is 0.133 e. The van der Waals surface area contributed by atoms with Gasteiger partial charge in [-0.2, -0.15) is 0 Å². The molecule has 0 heterocycles. The van der Waals surface area contributed by atoms with Gasteiger partial charge < -0.3 is 5.11 Å². The predicted molar refractivity (Wildman–Crippen MR) is 94.2 cm³/mol. The number of hydrogen-bond donors (Lipinski definition) is 1. The Balaban J connectivity index is 3.17. The van der Waals surface area contributed by atoms with Crippen molar-refractivity contribution in [1.82, 2.24) is 0 Å². The summed E-state index contributed by atoms with van der Waals surface area (Å²) < 4.78 is 0. The maximum absolute atomic E-state index is 9.13. The van der Waals surface area contributed by atoms with E-state index < -0.39 is 6.10 Å². The summed E-state index contributed by atoms with van der Waals surface area (Å²) >= 11 is 0. The lowest BCUT2D eigenvalue weighted by molar-refractivity contribution is 0.280. The molecule has 21 heavy (non-hydrogen) atoms. The van der Waals surface area contributed by atoms with Gasteiger partial charge in [0.15, 0.2) is 0 Å². The Labute approximate surface area is 132 Å². The van der Waals surface area contributed by atoms with E-state index >= 15 is 0 Å². The first-order valence-corrected chi connectivity index (χ1v) is 8.77. The number of allylic oxidation sites excluding steroid dienone is 3. The largest absolute Gasteiger partial charge is 0.377 e. The topological polar surface area (TPSA) is 20.2 Å². The van der Waals surface area contributed by atoms with Gasteiger partial charge in [-0.3, -0.25) is 0 Å². The van der Waals surface area contributed by atoms with E-state index in [0.717, 1.165) is 6.42 Å². The van der Waals surface area contributed by atoms with Gasteiger partial charge in [-0.15, -0.1) is 6.42 Å². The second kappa shape index (κ2) is 17.1. The van der Waals surface area contributed by atoms with Crippen LogP contribution in [0, 0.1) is 12.3 Å². The van der Waals surface area contributed by atoms with Crippen LogP contribution >= 0.6 is 0 Å². The monoisotopic (exact) mass is 290 g/mol. The summed E-state index contributed by atoms with van der Waals surface area (Å²) in [7, 11) is 0. The van der Waals surface area contributed by atoms with Gasteiger partial charge >= 0.3 is 0 Å². The van der Waals surface area contributed by atoms with E-state index in [1.165, 1.54) is 70.6 Å². The lowest BCUT2D eigenvalue weighted by Crippen LogP contribution is -1.95. The van der Waals surface area contributed by atoms with E-state index in [1.807, 2.05) is 6.08 Å². The highest BCUT2D eigenvalue weighted by atomic mass is 16.3. The Hall–Kier alpha value is -1.00. The standard InChI is InChI=1S/C20H34O/c1-3-5-6-7-8-9-10-11-12-13-14-15-16-17-18-19-20(21)4-2/h2,9-10,18-21H,3,5-8,11-17H2,1H3/b10-9+,19-18+. The van der Waals surface area contributed by atoms with Gasteiger partial charge in [0.2, 0.25) is 0 Å². The molecule has 0 aromatic rings. The molecule has 0 aliphatic heterocycles. The van der Waals surface area contributed by atoms with Crippen LogP contribution < -0.4 is 0 Å². The van der Waals surface area contributed by atoms with Crippen molar-refractivity contribution in [3.05, 3.63) is 24.3 Å². The fraction of sp³-hybridized carbons (Fsp3) is 0.700.